The van der Waals surface area contributed by atoms with Gasteiger partial charge in [0.05, 0.1) is 28.3 Å². The van der Waals surface area contributed by atoms with Crippen LogP contribution in [0.1, 0.15) is 38.7 Å². The van der Waals surface area contributed by atoms with Crippen LogP contribution < -0.4 is 4.80 Å². The third kappa shape index (κ3) is 5.95. The second kappa shape index (κ2) is 11.1. The molecule has 6 nitrogen and oxygen atoms in total. The average Bonchev–Trinajstić information content (AvgIpc) is 3.04. The molecular formula is C22H31N3O3S2. The number of carbonyl (C=O) groups is 2. The Morgan fingerprint density at radius 3 is 2.90 bits per heavy atom. The van der Waals surface area contributed by atoms with Gasteiger partial charge in [-0.05, 0) is 57.7 Å². The molecule has 0 aliphatic carbocycles. The zero-order valence-corrected chi connectivity index (χ0v) is 19.7. The number of nitrogens with zero attached hydrogens (tertiary/aromatic N) is 3. The molecule has 8 heteroatoms. The largest absolute Gasteiger partial charge is 0.380 e. The lowest BCUT2D eigenvalue weighted by molar-refractivity contribution is -0.131. The average molecular weight is 450 g/mol. The number of aryl methyl sites for hydroxylation is 1. The fourth-order valence-electron chi connectivity index (χ4n) is 3.70. The van der Waals surface area contributed by atoms with Gasteiger partial charge in [0, 0.05) is 25.7 Å². The summed E-state index contributed by atoms with van der Waals surface area (Å²) in [6.45, 7) is 8.86. The number of thioether (sulfide) groups is 1. The summed E-state index contributed by atoms with van der Waals surface area (Å²) in [6.07, 6.45) is 3.33. The quantitative estimate of drug-likeness (QED) is 0.578. The van der Waals surface area contributed by atoms with Crippen molar-refractivity contribution in [3.8, 4) is 0 Å². The molecule has 0 spiro atoms. The van der Waals surface area contributed by atoms with Crippen molar-refractivity contribution in [1.29, 1.82) is 0 Å². The minimum absolute atomic E-state index is 0.129. The summed E-state index contributed by atoms with van der Waals surface area (Å²) in [5.74, 6) is 0.478. The minimum atomic E-state index is -0.201. The van der Waals surface area contributed by atoms with Crippen molar-refractivity contribution in [2.45, 2.75) is 52.6 Å². The monoisotopic (exact) mass is 449 g/mol. The molecule has 1 aliphatic heterocycles. The third-order valence-electron chi connectivity index (χ3n) is 5.30. The van der Waals surface area contributed by atoms with Gasteiger partial charge in [0.2, 0.25) is 5.91 Å². The maximum absolute atomic E-state index is 12.5. The van der Waals surface area contributed by atoms with E-state index in [2.05, 4.69) is 41.6 Å². The van der Waals surface area contributed by atoms with Crippen LogP contribution in [0.4, 0.5) is 0 Å². The second-order valence-corrected chi connectivity index (χ2v) is 9.63. The molecule has 1 fully saturated rings. The molecule has 1 aromatic carbocycles. The van der Waals surface area contributed by atoms with Crippen molar-refractivity contribution < 1.29 is 14.3 Å². The molecule has 2 aromatic rings. The standard InChI is InChI=1S/C22H31N3O3S2/c1-4-28-12-11-25-18-9-8-16(2)13-19(18)30-22(25)23-20(26)14-29-15-21(27)24-10-6-5-7-17(24)3/h8-9,13,17H,4-7,10-12,14-15H2,1-3H3. The molecule has 1 saturated heterocycles. The second-order valence-electron chi connectivity index (χ2n) is 7.63. The highest BCUT2D eigenvalue weighted by Crippen LogP contribution is 2.20. The number of thiazole rings is 1. The van der Waals surface area contributed by atoms with E-state index in [1.165, 1.54) is 35.1 Å². The number of hydrogen-bond donors (Lipinski definition) is 0. The van der Waals surface area contributed by atoms with E-state index in [1.807, 2.05) is 11.8 Å². The summed E-state index contributed by atoms with van der Waals surface area (Å²) >= 11 is 2.88. The maximum atomic E-state index is 12.5. The number of ether oxygens (including phenoxy) is 1. The fourth-order valence-corrected chi connectivity index (χ4v) is 5.55. The van der Waals surface area contributed by atoms with Gasteiger partial charge in [-0.25, -0.2) is 0 Å². The first kappa shape index (κ1) is 23.0. The van der Waals surface area contributed by atoms with Gasteiger partial charge in [0.1, 0.15) is 0 Å². The summed E-state index contributed by atoms with van der Waals surface area (Å²) in [5, 5.41) is 0. The Hall–Kier alpha value is -1.64. The Morgan fingerprint density at radius 1 is 1.30 bits per heavy atom. The highest BCUT2D eigenvalue weighted by Gasteiger charge is 2.22. The minimum Gasteiger partial charge on any atom is -0.380 e. The van der Waals surface area contributed by atoms with Gasteiger partial charge in [0.15, 0.2) is 4.80 Å². The molecule has 2 heterocycles. The molecule has 0 N–H and O–H groups in total. The van der Waals surface area contributed by atoms with Gasteiger partial charge in [0.25, 0.3) is 5.91 Å². The van der Waals surface area contributed by atoms with Crippen molar-refractivity contribution >= 4 is 45.1 Å². The van der Waals surface area contributed by atoms with E-state index in [-0.39, 0.29) is 17.6 Å². The van der Waals surface area contributed by atoms with Crippen LogP contribution in [-0.4, -0.2) is 58.6 Å². The van der Waals surface area contributed by atoms with Crippen molar-refractivity contribution in [2.75, 3.05) is 31.3 Å². The Kier molecular flexibility index (Phi) is 8.53. The van der Waals surface area contributed by atoms with Crippen LogP contribution in [0.25, 0.3) is 10.2 Å². The summed E-state index contributed by atoms with van der Waals surface area (Å²) < 4.78 is 8.67. The summed E-state index contributed by atoms with van der Waals surface area (Å²) in [7, 11) is 0. The van der Waals surface area contributed by atoms with Gasteiger partial charge in [-0.15, -0.1) is 11.8 Å². The molecule has 1 aliphatic rings. The Labute approximate surface area is 186 Å². The van der Waals surface area contributed by atoms with Crippen molar-refractivity contribution in [1.82, 2.24) is 9.47 Å². The van der Waals surface area contributed by atoms with Crippen LogP contribution in [0.3, 0.4) is 0 Å². The number of amides is 2. The number of benzene rings is 1. The molecule has 1 atom stereocenters. The van der Waals surface area contributed by atoms with E-state index in [0.29, 0.717) is 36.4 Å². The molecular weight excluding hydrogens is 418 g/mol. The van der Waals surface area contributed by atoms with Crippen LogP contribution in [0.2, 0.25) is 0 Å². The van der Waals surface area contributed by atoms with Gasteiger partial charge in [-0.1, -0.05) is 17.4 Å². The summed E-state index contributed by atoms with van der Waals surface area (Å²) in [6, 6.07) is 6.57. The smallest absolute Gasteiger partial charge is 0.258 e. The highest BCUT2D eigenvalue weighted by molar-refractivity contribution is 8.00. The maximum Gasteiger partial charge on any atom is 0.258 e. The van der Waals surface area contributed by atoms with Crippen LogP contribution in [0.15, 0.2) is 23.2 Å². The zero-order valence-electron chi connectivity index (χ0n) is 18.1. The fraction of sp³-hybridized carbons (Fsp3) is 0.591. The van der Waals surface area contributed by atoms with Gasteiger partial charge < -0.3 is 14.2 Å². The third-order valence-corrected chi connectivity index (χ3v) is 7.24. The molecule has 1 unspecified atom stereocenters. The lowest BCUT2D eigenvalue weighted by Crippen LogP contribution is -2.43. The molecule has 1 aromatic heterocycles. The SMILES string of the molecule is CCOCCn1c(=NC(=O)CSCC(=O)N2CCCCC2C)sc2cc(C)ccc21. The van der Waals surface area contributed by atoms with E-state index in [1.54, 1.807) is 0 Å². The number of hydrogen-bond acceptors (Lipinski definition) is 5. The Bertz CT molecular complexity index is 951. The van der Waals surface area contributed by atoms with Crippen molar-refractivity contribution in [3.05, 3.63) is 28.6 Å². The number of aromatic nitrogens is 1. The number of likely N-dealkylation sites (tertiary alicyclic amines) is 1. The predicted octanol–water partition coefficient (Wildman–Crippen LogP) is 3.61. The van der Waals surface area contributed by atoms with Crippen LogP contribution in [0.5, 0.6) is 0 Å². The van der Waals surface area contributed by atoms with Crippen LogP contribution in [0, 0.1) is 6.92 Å². The molecule has 30 heavy (non-hydrogen) atoms. The predicted molar refractivity (Wildman–Crippen MR) is 124 cm³/mol. The highest BCUT2D eigenvalue weighted by atomic mass is 32.2. The van der Waals surface area contributed by atoms with Crippen LogP contribution in [-0.2, 0) is 20.9 Å². The molecule has 0 bridgehead atoms. The Balaban J connectivity index is 1.66. The number of fused-ring (bicyclic) bond motifs is 1. The van der Waals surface area contributed by atoms with Crippen molar-refractivity contribution in [3.63, 3.8) is 0 Å². The molecule has 2 amide bonds. The zero-order chi connectivity index (χ0) is 21.5. The normalized spacial score (nSPS) is 17.6. The van der Waals surface area contributed by atoms with Gasteiger partial charge in [-0.3, -0.25) is 9.59 Å². The first-order chi connectivity index (χ1) is 14.5. The van der Waals surface area contributed by atoms with Crippen molar-refractivity contribution in [2.24, 2.45) is 4.99 Å². The molecule has 0 saturated carbocycles. The molecule has 164 valence electrons. The topological polar surface area (TPSA) is 63.9 Å². The molecule has 3 rings (SSSR count). The van der Waals surface area contributed by atoms with E-state index < -0.39 is 0 Å². The number of carbonyl (C=O) groups excluding carboxylic acids is 2. The van der Waals surface area contributed by atoms with E-state index >= 15 is 0 Å². The lowest BCUT2D eigenvalue weighted by atomic mass is 10.0. The first-order valence-corrected chi connectivity index (χ1v) is 12.6. The van der Waals surface area contributed by atoms with E-state index in [0.717, 1.165) is 29.6 Å². The lowest BCUT2D eigenvalue weighted by Gasteiger charge is -2.33. The number of rotatable bonds is 8. The molecule has 0 radical (unpaired) electrons. The first-order valence-electron chi connectivity index (χ1n) is 10.6. The summed E-state index contributed by atoms with van der Waals surface area (Å²) in [4.78, 5) is 32.0. The van der Waals surface area contributed by atoms with E-state index in [9.17, 15) is 9.59 Å². The van der Waals surface area contributed by atoms with Gasteiger partial charge >= 0.3 is 0 Å². The number of piperidine rings is 1. The summed E-state index contributed by atoms with van der Waals surface area (Å²) in [5.41, 5.74) is 2.25. The van der Waals surface area contributed by atoms with Crippen LogP contribution >= 0.6 is 23.1 Å². The van der Waals surface area contributed by atoms with Gasteiger partial charge in [-0.2, -0.15) is 4.99 Å². The Morgan fingerprint density at radius 2 is 2.13 bits per heavy atom. The van der Waals surface area contributed by atoms with E-state index in [4.69, 9.17) is 4.74 Å².